The van der Waals surface area contributed by atoms with Crippen LogP contribution in [0, 0.1) is 0 Å². The minimum Gasteiger partial charge on any atom is -0.372 e. The van der Waals surface area contributed by atoms with Crippen LogP contribution in [0.4, 0.5) is 0 Å². The predicted octanol–water partition coefficient (Wildman–Crippen LogP) is 3.56. The van der Waals surface area contributed by atoms with E-state index in [0.29, 0.717) is 31.2 Å². The van der Waals surface area contributed by atoms with E-state index in [9.17, 15) is 4.79 Å². The molecule has 1 aliphatic heterocycles. The van der Waals surface area contributed by atoms with Gasteiger partial charge in [-0.05, 0) is 24.5 Å². The smallest absolute Gasteiger partial charge is 0.276 e. The predicted molar refractivity (Wildman–Crippen MR) is 99.9 cm³/mol. The Kier molecular flexibility index (Phi) is 5.25. The first-order chi connectivity index (χ1) is 13.3. The lowest BCUT2D eigenvalue weighted by molar-refractivity contribution is -0.00707. The molecule has 0 bridgehead atoms. The number of rotatable bonds is 5. The van der Waals surface area contributed by atoms with Gasteiger partial charge < -0.3 is 14.2 Å². The van der Waals surface area contributed by atoms with Gasteiger partial charge in [0.15, 0.2) is 11.5 Å². The van der Waals surface area contributed by atoms with Crippen molar-refractivity contribution in [2.24, 2.45) is 0 Å². The standard InChI is InChI=1S/C21H21N3O3/c25-21(19-12-20(27-23-19)17-7-2-1-3-8-17)24-11-5-9-18(14-24)26-15-16-6-4-10-22-13-16/h1-4,6-8,10,12-13,18H,5,9,11,14-15H2/t18-/m1/s1. The highest BCUT2D eigenvalue weighted by Crippen LogP contribution is 2.22. The number of amides is 1. The molecule has 1 aromatic carbocycles. The molecule has 1 saturated heterocycles. The second-order valence-corrected chi connectivity index (χ2v) is 6.63. The largest absolute Gasteiger partial charge is 0.372 e. The molecule has 138 valence electrons. The molecular formula is C21H21N3O3. The average molecular weight is 363 g/mol. The molecule has 1 atom stereocenters. The van der Waals surface area contributed by atoms with Gasteiger partial charge in [0.05, 0.1) is 12.7 Å². The van der Waals surface area contributed by atoms with E-state index in [0.717, 1.165) is 24.0 Å². The van der Waals surface area contributed by atoms with E-state index < -0.39 is 0 Å². The lowest BCUT2D eigenvalue weighted by Crippen LogP contribution is -2.43. The van der Waals surface area contributed by atoms with Gasteiger partial charge in [0.1, 0.15) is 0 Å². The lowest BCUT2D eigenvalue weighted by atomic mass is 10.1. The number of pyridine rings is 1. The fraction of sp³-hybridized carbons (Fsp3) is 0.286. The number of benzene rings is 1. The minimum atomic E-state index is -0.115. The van der Waals surface area contributed by atoms with Gasteiger partial charge in [-0.15, -0.1) is 0 Å². The molecule has 27 heavy (non-hydrogen) atoms. The second kappa shape index (κ2) is 8.14. The third-order valence-corrected chi connectivity index (χ3v) is 4.66. The Hall–Kier alpha value is -2.99. The Morgan fingerprint density at radius 1 is 1.22 bits per heavy atom. The summed E-state index contributed by atoms with van der Waals surface area (Å²) in [5.74, 6) is 0.482. The van der Waals surface area contributed by atoms with Crippen LogP contribution in [-0.4, -0.2) is 40.1 Å². The summed E-state index contributed by atoms with van der Waals surface area (Å²) in [5.41, 5.74) is 2.27. The molecule has 6 nitrogen and oxygen atoms in total. The zero-order valence-corrected chi connectivity index (χ0v) is 15.0. The first-order valence-electron chi connectivity index (χ1n) is 9.11. The number of likely N-dealkylation sites (tertiary alicyclic amines) is 1. The highest BCUT2D eigenvalue weighted by Gasteiger charge is 2.27. The molecule has 1 fully saturated rings. The molecule has 6 heteroatoms. The maximum absolute atomic E-state index is 12.8. The number of hydrogen-bond donors (Lipinski definition) is 0. The Bertz CT molecular complexity index is 880. The zero-order valence-electron chi connectivity index (χ0n) is 15.0. The van der Waals surface area contributed by atoms with Crippen LogP contribution in [0.3, 0.4) is 0 Å². The van der Waals surface area contributed by atoms with Gasteiger partial charge >= 0.3 is 0 Å². The van der Waals surface area contributed by atoms with E-state index in [1.807, 2.05) is 42.5 Å². The van der Waals surface area contributed by atoms with Crippen molar-refractivity contribution in [1.82, 2.24) is 15.0 Å². The van der Waals surface area contributed by atoms with Crippen LogP contribution in [-0.2, 0) is 11.3 Å². The molecule has 0 unspecified atom stereocenters. The van der Waals surface area contributed by atoms with Gasteiger partial charge in [0.25, 0.3) is 5.91 Å². The van der Waals surface area contributed by atoms with Crippen molar-refractivity contribution in [2.45, 2.75) is 25.6 Å². The molecular weight excluding hydrogens is 342 g/mol. The van der Waals surface area contributed by atoms with Crippen LogP contribution in [0.5, 0.6) is 0 Å². The van der Waals surface area contributed by atoms with Crippen molar-refractivity contribution in [3.05, 3.63) is 72.2 Å². The lowest BCUT2D eigenvalue weighted by Gasteiger charge is -2.32. The summed E-state index contributed by atoms with van der Waals surface area (Å²) < 4.78 is 11.3. The van der Waals surface area contributed by atoms with Crippen molar-refractivity contribution >= 4 is 5.91 Å². The Labute approximate surface area is 157 Å². The highest BCUT2D eigenvalue weighted by atomic mass is 16.5. The maximum Gasteiger partial charge on any atom is 0.276 e. The fourth-order valence-corrected chi connectivity index (χ4v) is 3.23. The van der Waals surface area contributed by atoms with E-state index in [-0.39, 0.29) is 12.0 Å². The van der Waals surface area contributed by atoms with E-state index in [4.69, 9.17) is 9.26 Å². The summed E-state index contributed by atoms with van der Waals surface area (Å²) in [7, 11) is 0. The molecule has 4 rings (SSSR count). The van der Waals surface area contributed by atoms with Gasteiger partial charge in [-0.1, -0.05) is 41.6 Å². The maximum atomic E-state index is 12.8. The van der Waals surface area contributed by atoms with Crippen molar-refractivity contribution in [1.29, 1.82) is 0 Å². The van der Waals surface area contributed by atoms with Crippen LogP contribution < -0.4 is 0 Å². The molecule has 3 aromatic rings. The van der Waals surface area contributed by atoms with E-state index in [2.05, 4.69) is 10.1 Å². The van der Waals surface area contributed by atoms with Crippen LogP contribution >= 0.6 is 0 Å². The van der Waals surface area contributed by atoms with E-state index >= 15 is 0 Å². The topological polar surface area (TPSA) is 68.5 Å². The first-order valence-corrected chi connectivity index (χ1v) is 9.11. The van der Waals surface area contributed by atoms with Gasteiger partial charge in [-0.2, -0.15) is 0 Å². The summed E-state index contributed by atoms with van der Waals surface area (Å²) in [6, 6.07) is 15.2. The van der Waals surface area contributed by atoms with Crippen LogP contribution in [0.2, 0.25) is 0 Å². The molecule has 0 aliphatic carbocycles. The van der Waals surface area contributed by atoms with Crippen LogP contribution in [0.15, 0.2) is 65.4 Å². The number of ether oxygens (including phenoxy) is 1. The molecule has 0 N–H and O–H groups in total. The molecule has 3 heterocycles. The quantitative estimate of drug-likeness (QED) is 0.693. The Morgan fingerprint density at radius 2 is 2.11 bits per heavy atom. The van der Waals surface area contributed by atoms with E-state index in [1.54, 1.807) is 23.4 Å². The van der Waals surface area contributed by atoms with Crippen molar-refractivity contribution in [3.63, 3.8) is 0 Å². The zero-order chi connectivity index (χ0) is 18.5. The molecule has 1 amide bonds. The van der Waals surface area contributed by atoms with Gasteiger partial charge in [-0.3, -0.25) is 9.78 Å². The summed E-state index contributed by atoms with van der Waals surface area (Å²) in [5, 5.41) is 3.97. The molecule has 0 spiro atoms. The van der Waals surface area contributed by atoms with Gasteiger partial charge in [0, 0.05) is 37.1 Å². The monoisotopic (exact) mass is 363 g/mol. The number of carbonyl (C=O) groups is 1. The summed E-state index contributed by atoms with van der Waals surface area (Å²) in [6.07, 6.45) is 5.41. The summed E-state index contributed by atoms with van der Waals surface area (Å²) in [4.78, 5) is 18.7. The van der Waals surface area contributed by atoms with E-state index in [1.165, 1.54) is 0 Å². The third-order valence-electron chi connectivity index (χ3n) is 4.66. The Morgan fingerprint density at radius 3 is 2.93 bits per heavy atom. The summed E-state index contributed by atoms with van der Waals surface area (Å²) in [6.45, 7) is 1.77. The van der Waals surface area contributed by atoms with Crippen LogP contribution in [0.25, 0.3) is 11.3 Å². The first kappa shape index (κ1) is 17.4. The van der Waals surface area contributed by atoms with Crippen molar-refractivity contribution < 1.29 is 14.1 Å². The normalized spacial score (nSPS) is 17.0. The average Bonchev–Trinajstić information content (AvgIpc) is 3.24. The third kappa shape index (κ3) is 4.23. The number of aromatic nitrogens is 2. The number of nitrogens with zero attached hydrogens (tertiary/aromatic N) is 3. The number of piperidine rings is 1. The van der Waals surface area contributed by atoms with Gasteiger partial charge in [0.2, 0.25) is 0 Å². The highest BCUT2D eigenvalue weighted by molar-refractivity contribution is 5.93. The van der Waals surface area contributed by atoms with Gasteiger partial charge in [-0.25, -0.2) is 0 Å². The number of hydrogen-bond acceptors (Lipinski definition) is 5. The minimum absolute atomic E-state index is 0.0170. The fourth-order valence-electron chi connectivity index (χ4n) is 3.23. The number of carbonyl (C=O) groups excluding carboxylic acids is 1. The van der Waals surface area contributed by atoms with Crippen LogP contribution in [0.1, 0.15) is 28.9 Å². The molecule has 1 aliphatic rings. The van der Waals surface area contributed by atoms with Crippen molar-refractivity contribution in [3.8, 4) is 11.3 Å². The molecule has 2 aromatic heterocycles. The Balaban J connectivity index is 1.38. The summed E-state index contributed by atoms with van der Waals surface area (Å²) >= 11 is 0. The SMILES string of the molecule is O=C(c1cc(-c2ccccc2)on1)N1CCC[C@@H](OCc2cccnc2)C1. The molecule has 0 saturated carbocycles. The second-order valence-electron chi connectivity index (χ2n) is 6.63. The van der Waals surface area contributed by atoms with Crippen molar-refractivity contribution in [2.75, 3.05) is 13.1 Å². The molecule has 0 radical (unpaired) electrons.